The van der Waals surface area contributed by atoms with E-state index in [1.54, 1.807) is 24.3 Å². The Balaban J connectivity index is 1.26. The van der Waals surface area contributed by atoms with Crippen molar-refractivity contribution in [1.29, 1.82) is 0 Å². The number of hydrogen-bond donors (Lipinski definition) is 0. The Bertz CT molecular complexity index is 1660. The van der Waals surface area contributed by atoms with Crippen LogP contribution in [-0.2, 0) is 15.6 Å². The Morgan fingerprint density at radius 2 is 1.11 bits per heavy atom. The van der Waals surface area contributed by atoms with E-state index in [9.17, 15) is 9.59 Å². The third-order valence-electron chi connectivity index (χ3n) is 9.41. The van der Waals surface area contributed by atoms with E-state index >= 15 is 0 Å². The van der Waals surface area contributed by atoms with Gasteiger partial charge >= 0.3 is 12.3 Å². The number of rotatable bonds is 7. The maximum Gasteiger partial charge on any atom is 0.519 e. The Labute approximate surface area is 266 Å². The van der Waals surface area contributed by atoms with Gasteiger partial charge < -0.3 is 18.9 Å². The molecule has 0 atom stereocenters. The van der Waals surface area contributed by atoms with Gasteiger partial charge in [-0.2, -0.15) is 0 Å². The maximum absolute atomic E-state index is 12.8. The molecule has 1 fully saturated rings. The predicted octanol–water partition coefficient (Wildman–Crippen LogP) is 9.91. The molecule has 0 N–H and O–H groups in total. The highest BCUT2D eigenvalue weighted by molar-refractivity contribution is 5.68. The number of methoxy groups -OCH3 is 1. The summed E-state index contributed by atoms with van der Waals surface area (Å²) >= 11 is 0. The predicted molar refractivity (Wildman–Crippen MR) is 176 cm³/mol. The molecule has 1 saturated carbocycles. The summed E-state index contributed by atoms with van der Waals surface area (Å²) in [5.74, 6) is 1.29. The van der Waals surface area contributed by atoms with Crippen molar-refractivity contribution in [1.82, 2.24) is 0 Å². The van der Waals surface area contributed by atoms with Crippen LogP contribution in [0.4, 0.5) is 9.59 Å². The average molecular weight is 607 g/mol. The van der Waals surface area contributed by atoms with Crippen molar-refractivity contribution in [2.24, 2.45) is 0 Å². The number of benzene rings is 4. The van der Waals surface area contributed by atoms with Crippen LogP contribution in [0.2, 0.25) is 0 Å². The normalized spacial score (nSPS) is 14.4. The highest BCUT2D eigenvalue weighted by Gasteiger charge is 2.36. The van der Waals surface area contributed by atoms with E-state index in [4.69, 9.17) is 14.2 Å². The average Bonchev–Trinajstić information content (AvgIpc) is 3.04. The maximum atomic E-state index is 12.8. The van der Waals surface area contributed by atoms with Crippen molar-refractivity contribution >= 4 is 12.3 Å². The lowest BCUT2D eigenvalue weighted by molar-refractivity contribution is 0.121. The molecule has 0 spiro atoms. The molecule has 5 rings (SSSR count). The molecule has 1 aliphatic rings. The van der Waals surface area contributed by atoms with Crippen LogP contribution in [0.5, 0.6) is 17.2 Å². The van der Waals surface area contributed by atoms with E-state index in [2.05, 4.69) is 62.8 Å². The van der Waals surface area contributed by atoms with E-state index < -0.39 is 12.3 Å². The Morgan fingerprint density at radius 3 is 1.62 bits per heavy atom. The van der Waals surface area contributed by atoms with E-state index in [0.717, 1.165) is 29.5 Å². The van der Waals surface area contributed by atoms with E-state index in [-0.39, 0.29) is 10.8 Å². The molecule has 0 aromatic heterocycles. The first-order valence-corrected chi connectivity index (χ1v) is 15.6. The zero-order valence-corrected chi connectivity index (χ0v) is 27.1. The Morgan fingerprint density at radius 1 is 0.600 bits per heavy atom. The monoisotopic (exact) mass is 606 g/mol. The van der Waals surface area contributed by atoms with Crippen LogP contribution < -0.4 is 14.2 Å². The van der Waals surface area contributed by atoms with Gasteiger partial charge in [0.05, 0.1) is 7.11 Å². The summed E-state index contributed by atoms with van der Waals surface area (Å²) in [6, 6.07) is 27.7. The lowest BCUT2D eigenvalue weighted by Crippen LogP contribution is -2.30. The summed E-state index contributed by atoms with van der Waals surface area (Å²) in [7, 11) is 1.27. The Hall–Kier alpha value is -4.58. The van der Waals surface area contributed by atoms with Gasteiger partial charge in [0.25, 0.3) is 0 Å². The molecule has 234 valence electrons. The molecule has 0 heterocycles. The second-order valence-corrected chi connectivity index (χ2v) is 12.6. The van der Waals surface area contributed by atoms with Crippen LogP contribution in [0.1, 0.15) is 84.9 Å². The standard InChI is InChI=1S/C39H42O6/c1-26-10-11-31(24-27(26)2)39(22-8-7-9-23-39)32-16-21-35(28(3)25-32)45-37(41)44-34-19-14-30(15-20-34)38(4,5)29-12-17-33(18-13-29)43-36(40)42-6/h10-21,24-25H,7-9,22-23H2,1-6H3. The molecule has 0 unspecified atom stereocenters. The number of carbonyl (C=O) groups is 2. The van der Waals surface area contributed by atoms with Crippen molar-refractivity contribution in [3.63, 3.8) is 0 Å². The van der Waals surface area contributed by atoms with Crippen LogP contribution >= 0.6 is 0 Å². The summed E-state index contributed by atoms with van der Waals surface area (Å²) in [6.45, 7) is 10.5. The van der Waals surface area contributed by atoms with Crippen LogP contribution in [0.25, 0.3) is 0 Å². The molecule has 4 aromatic carbocycles. The molecular formula is C39H42O6. The zero-order valence-electron chi connectivity index (χ0n) is 27.1. The lowest BCUT2D eigenvalue weighted by Gasteiger charge is -2.39. The molecular weight excluding hydrogens is 564 g/mol. The van der Waals surface area contributed by atoms with Gasteiger partial charge in [-0.15, -0.1) is 0 Å². The fourth-order valence-corrected chi connectivity index (χ4v) is 6.39. The molecule has 0 radical (unpaired) electrons. The van der Waals surface area contributed by atoms with Crippen molar-refractivity contribution in [3.05, 3.63) is 124 Å². The van der Waals surface area contributed by atoms with Crippen molar-refractivity contribution in [2.75, 3.05) is 7.11 Å². The van der Waals surface area contributed by atoms with Crippen molar-refractivity contribution in [3.8, 4) is 17.2 Å². The zero-order chi connectivity index (χ0) is 32.2. The fraction of sp³-hybridized carbons (Fsp3) is 0.333. The highest BCUT2D eigenvalue weighted by Crippen LogP contribution is 2.46. The van der Waals surface area contributed by atoms with Gasteiger partial charge in [-0.05, 0) is 103 Å². The van der Waals surface area contributed by atoms with Gasteiger partial charge in [-0.1, -0.05) is 87.7 Å². The number of carbonyl (C=O) groups excluding carboxylic acids is 2. The van der Waals surface area contributed by atoms with Gasteiger partial charge in [0.1, 0.15) is 17.2 Å². The van der Waals surface area contributed by atoms with E-state index in [1.165, 1.54) is 48.6 Å². The minimum absolute atomic E-state index is 0.0328. The molecule has 0 saturated heterocycles. The largest absolute Gasteiger partial charge is 0.519 e. The van der Waals surface area contributed by atoms with Crippen LogP contribution in [0, 0.1) is 20.8 Å². The molecule has 1 aliphatic carbocycles. The van der Waals surface area contributed by atoms with Crippen molar-refractivity contribution in [2.45, 2.75) is 77.6 Å². The third kappa shape index (κ3) is 6.90. The quantitative estimate of drug-likeness (QED) is 0.154. The molecule has 4 aromatic rings. The third-order valence-corrected chi connectivity index (χ3v) is 9.41. The summed E-state index contributed by atoms with van der Waals surface area (Å²) in [5.41, 5.74) is 7.83. The van der Waals surface area contributed by atoms with Gasteiger partial charge in [0.2, 0.25) is 0 Å². The lowest BCUT2D eigenvalue weighted by atomic mass is 9.65. The minimum atomic E-state index is -0.777. The van der Waals surface area contributed by atoms with Gasteiger partial charge in [-0.25, -0.2) is 9.59 Å². The number of ether oxygens (including phenoxy) is 4. The first-order valence-electron chi connectivity index (χ1n) is 15.6. The van der Waals surface area contributed by atoms with Crippen LogP contribution in [0.3, 0.4) is 0 Å². The van der Waals surface area contributed by atoms with E-state index in [0.29, 0.717) is 17.2 Å². The summed E-state index contributed by atoms with van der Waals surface area (Å²) < 4.78 is 20.8. The molecule has 6 nitrogen and oxygen atoms in total. The summed E-state index contributed by atoms with van der Waals surface area (Å²) in [6.07, 6.45) is 4.34. The van der Waals surface area contributed by atoms with E-state index in [1.807, 2.05) is 37.3 Å². The van der Waals surface area contributed by atoms with Crippen molar-refractivity contribution < 1.29 is 28.5 Å². The van der Waals surface area contributed by atoms with Gasteiger partial charge in [-0.3, -0.25) is 0 Å². The summed E-state index contributed by atoms with van der Waals surface area (Å²) in [5, 5.41) is 0. The van der Waals surface area contributed by atoms with Gasteiger partial charge in [0, 0.05) is 10.8 Å². The topological polar surface area (TPSA) is 71.1 Å². The van der Waals surface area contributed by atoms with Crippen LogP contribution in [-0.4, -0.2) is 19.4 Å². The minimum Gasteiger partial charge on any atom is -0.437 e. The second-order valence-electron chi connectivity index (χ2n) is 12.6. The first-order chi connectivity index (χ1) is 21.5. The molecule has 6 heteroatoms. The smallest absolute Gasteiger partial charge is 0.437 e. The molecule has 0 bridgehead atoms. The number of aryl methyl sites for hydroxylation is 3. The molecule has 45 heavy (non-hydrogen) atoms. The van der Waals surface area contributed by atoms with Gasteiger partial charge in [0.15, 0.2) is 0 Å². The van der Waals surface area contributed by atoms with Crippen LogP contribution in [0.15, 0.2) is 84.9 Å². The number of hydrogen-bond acceptors (Lipinski definition) is 6. The molecule has 0 aliphatic heterocycles. The fourth-order valence-electron chi connectivity index (χ4n) is 6.39. The Kier molecular flexibility index (Phi) is 9.33. The summed E-state index contributed by atoms with van der Waals surface area (Å²) in [4.78, 5) is 24.2. The second kappa shape index (κ2) is 13.2. The molecule has 0 amide bonds. The first kappa shape index (κ1) is 31.8. The SMILES string of the molecule is COC(=O)Oc1ccc(C(C)(C)c2ccc(OC(=O)Oc3ccc(C4(c5ccc(C)c(C)c5)CCCCC4)cc3C)cc2)cc1. The highest BCUT2D eigenvalue weighted by atomic mass is 16.7.